The standard InChI is InChI=1S/C15H19N3OS/c1-2-9-16-14(19)8-10-18-13(11-17-15(18)20)12-6-4-3-5-7-12/h3-7,11H,2,8-10H2,1H3,(H,16,19)(H,17,20). The van der Waals surface area contributed by atoms with E-state index < -0.39 is 0 Å². The molecule has 1 amide bonds. The highest BCUT2D eigenvalue weighted by atomic mass is 32.1. The predicted octanol–water partition coefficient (Wildman–Crippen LogP) is 3.13. The van der Waals surface area contributed by atoms with Crippen molar-refractivity contribution in [2.24, 2.45) is 0 Å². The van der Waals surface area contributed by atoms with Crippen molar-refractivity contribution in [1.82, 2.24) is 14.9 Å². The molecule has 5 heteroatoms. The smallest absolute Gasteiger partial charge is 0.221 e. The Morgan fingerprint density at radius 1 is 1.35 bits per heavy atom. The summed E-state index contributed by atoms with van der Waals surface area (Å²) in [7, 11) is 0. The molecule has 1 aromatic carbocycles. The number of aromatic nitrogens is 2. The Morgan fingerprint density at radius 3 is 2.80 bits per heavy atom. The number of hydrogen-bond donors (Lipinski definition) is 2. The molecule has 2 rings (SSSR count). The van der Waals surface area contributed by atoms with Crippen molar-refractivity contribution in [3.8, 4) is 11.3 Å². The van der Waals surface area contributed by atoms with Crippen molar-refractivity contribution in [2.45, 2.75) is 26.3 Å². The van der Waals surface area contributed by atoms with E-state index in [1.165, 1.54) is 0 Å². The Bertz CT molecular complexity index is 616. The zero-order valence-electron chi connectivity index (χ0n) is 11.6. The largest absolute Gasteiger partial charge is 0.356 e. The molecule has 0 aliphatic heterocycles. The molecule has 0 aliphatic carbocycles. The van der Waals surface area contributed by atoms with Crippen LogP contribution in [-0.4, -0.2) is 22.0 Å². The van der Waals surface area contributed by atoms with Crippen LogP contribution in [0.4, 0.5) is 0 Å². The summed E-state index contributed by atoms with van der Waals surface area (Å²) in [6, 6.07) is 10.0. The van der Waals surface area contributed by atoms with Crippen LogP contribution >= 0.6 is 12.2 Å². The Balaban J connectivity index is 2.11. The maximum absolute atomic E-state index is 11.7. The monoisotopic (exact) mass is 289 g/mol. The average Bonchev–Trinajstić information content (AvgIpc) is 2.85. The van der Waals surface area contributed by atoms with Gasteiger partial charge in [-0.05, 0) is 24.2 Å². The van der Waals surface area contributed by atoms with Crippen LogP contribution in [0.5, 0.6) is 0 Å². The fourth-order valence-corrected chi connectivity index (χ4v) is 2.28. The summed E-state index contributed by atoms with van der Waals surface area (Å²) in [4.78, 5) is 14.7. The summed E-state index contributed by atoms with van der Waals surface area (Å²) in [5, 5.41) is 2.88. The molecular weight excluding hydrogens is 270 g/mol. The average molecular weight is 289 g/mol. The van der Waals surface area contributed by atoms with E-state index in [-0.39, 0.29) is 5.91 Å². The molecule has 0 aliphatic rings. The van der Waals surface area contributed by atoms with Crippen LogP contribution in [0.15, 0.2) is 36.5 Å². The molecule has 0 saturated carbocycles. The third kappa shape index (κ3) is 3.57. The molecule has 2 aromatic rings. The highest BCUT2D eigenvalue weighted by molar-refractivity contribution is 7.71. The number of nitrogens with one attached hydrogen (secondary N) is 2. The van der Waals surface area contributed by atoms with Crippen molar-refractivity contribution in [3.05, 3.63) is 41.3 Å². The maximum Gasteiger partial charge on any atom is 0.221 e. The molecule has 0 saturated heterocycles. The first-order valence-electron chi connectivity index (χ1n) is 6.82. The molecule has 0 unspecified atom stereocenters. The molecule has 0 fully saturated rings. The molecule has 1 aromatic heterocycles. The van der Waals surface area contributed by atoms with E-state index in [0.29, 0.717) is 17.7 Å². The second-order valence-electron chi connectivity index (χ2n) is 4.60. The van der Waals surface area contributed by atoms with Gasteiger partial charge in [0.05, 0.1) is 5.69 Å². The zero-order chi connectivity index (χ0) is 14.4. The molecule has 20 heavy (non-hydrogen) atoms. The lowest BCUT2D eigenvalue weighted by atomic mass is 10.2. The Kier molecular flexibility index (Phi) is 5.12. The minimum atomic E-state index is 0.0639. The fraction of sp³-hybridized carbons (Fsp3) is 0.333. The van der Waals surface area contributed by atoms with Crippen molar-refractivity contribution in [2.75, 3.05) is 6.54 Å². The number of H-pyrrole nitrogens is 1. The number of amides is 1. The quantitative estimate of drug-likeness (QED) is 0.803. The van der Waals surface area contributed by atoms with E-state index in [1.54, 1.807) is 0 Å². The summed E-state index contributed by atoms with van der Waals surface area (Å²) in [5.74, 6) is 0.0639. The van der Waals surface area contributed by atoms with Gasteiger partial charge in [-0.3, -0.25) is 4.79 Å². The second kappa shape index (κ2) is 7.05. The number of carbonyl (C=O) groups excluding carboxylic acids is 1. The molecule has 0 spiro atoms. The molecular formula is C15H19N3OS. The van der Waals surface area contributed by atoms with E-state index in [0.717, 1.165) is 24.2 Å². The number of hydrogen-bond acceptors (Lipinski definition) is 2. The minimum absolute atomic E-state index is 0.0639. The van der Waals surface area contributed by atoms with Crippen LogP contribution in [-0.2, 0) is 11.3 Å². The van der Waals surface area contributed by atoms with Gasteiger partial charge in [-0.25, -0.2) is 0 Å². The Labute approximate surface area is 123 Å². The number of nitrogens with zero attached hydrogens (tertiary/aromatic N) is 1. The lowest BCUT2D eigenvalue weighted by Crippen LogP contribution is -2.25. The normalized spacial score (nSPS) is 10.4. The Hall–Kier alpha value is -1.88. The van der Waals surface area contributed by atoms with E-state index in [9.17, 15) is 4.79 Å². The molecule has 0 bridgehead atoms. The van der Waals surface area contributed by atoms with Crippen molar-refractivity contribution in [3.63, 3.8) is 0 Å². The van der Waals surface area contributed by atoms with Crippen LogP contribution in [0, 0.1) is 4.77 Å². The number of aromatic amines is 1. The van der Waals surface area contributed by atoms with Crippen molar-refractivity contribution in [1.29, 1.82) is 0 Å². The van der Waals surface area contributed by atoms with Crippen molar-refractivity contribution < 1.29 is 4.79 Å². The summed E-state index contributed by atoms with van der Waals surface area (Å²) < 4.78 is 2.61. The lowest BCUT2D eigenvalue weighted by Gasteiger charge is -2.08. The number of carbonyl (C=O) groups is 1. The lowest BCUT2D eigenvalue weighted by molar-refractivity contribution is -0.121. The van der Waals surface area contributed by atoms with Crippen LogP contribution in [0.25, 0.3) is 11.3 Å². The SMILES string of the molecule is CCCNC(=O)CCn1c(-c2ccccc2)c[nH]c1=S. The van der Waals surface area contributed by atoms with E-state index >= 15 is 0 Å². The van der Waals surface area contributed by atoms with Crippen LogP contribution in [0.1, 0.15) is 19.8 Å². The summed E-state index contributed by atoms with van der Waals surface area (Å²) in [6.45, 7) is 3.35. The molecule has 106 valence electrons. The third-order valence-electron chi connectivity index (χ3n) is 3.07. The van der Waals surface area contributed by atoms with Gasteiger partial charge in [0.25, 0.3) is 0 Å². The van der Waals surface area contributed by atoms with Gasteiger partial charge in [0.15, 0.2) is 4.77 Å². The van der Waals surface area contributed by atoms with Gasteiger partial charge in [0.1, 0.15) is 0 Å². The van der Waals surface area contributed by atoms with E-state index in [4.69, 9.17) is 12.2 Å². The number of rotatable bonds is 6. The zero-order valence-corrected chi connectivity index (χ0v) is 12.4. The highest BCUT2D eigenvalue weighted by Crippen LogP contribution is 2.19. The molecule has 0 radical (unpaired) electrons. The first-order valence-corrected chi connectivity index (χ1v) is 7.23. The minimum Gasteiger partial charge on any atom is -0.356 e. The van der Waals surface area contributed by atoms with Gasteiger partial charge in [-0.15, -0.1) is 0 Å². The summed E-state index contributed by atoms with van der Waals surface area (Å²) >= 11 is 5.29. The molecule has 0 atom stereocenters. The first kappa shape index (κ1) is 14.5. The fourth-order valence-electron chi connectivity index (χ4n) is 2.03. The van der Waals surface area contributed by atoms with Gasteiger partial charge >= 0.3 is 0 Å². The van der Waals surface area contributed by atoms with E-state index in [1.807, 2.05) is 48.0 Å². The van der Waals surface area contributed by atoms with Gasteiger partial charge in [0, 0.05) is 25.7 Å². The van der Waals surface area contributed by atoms with Crippen molar-refractivity contribution >= 4 is 18.1 Å². The van der Waals surface area contributed by atoms with E-state index in [2.05, 4.69) is 10.3 Å². The molecule has 4 nitrogen and oxygen atoms in total. The van der Waals surface area contributed by atoms with Crippen LogP contribution in [0.3, 0.4) is 0 Å². The topological polar surface area (TPSA) is 49.8 Å². The van der Waals surface area contributed by atoms with Gasteiger partial charge < -0.3 is 14.9 Å². The second-order valence-corrected chi connectivity index (χ2v) is 4.98. The van der Waals surface area contributed by atoms with Gasteiger partial charge in [-0.2, -0.15) is 0 Å². The molecule has 1 heterocycles. The van der Waals surface area contributed by atoms with Crippen LogP contribution in [0.2, 0.25) is 0 Å². The highest BCUT2D eigenvalue weighted by Gasteiger charge is 2.08. The predicted molar refractivity (Wildman–Crippen MR) is 83.0 cm³/mol. The third-order valence-corrected chi connectivity index (χ3v) is 3.41. The summed E-state index contributed by atoms with van der Waals surface area (Å²) in [6.07, 6.45) is 3.28. The van der Waals surface area contributed by atoms with Crippen LogP contribution < -0.4 is 5.32 Å². The maximum atomic E-state index is 11.7. The Morgan fingerprint density at radius 2 is 2.10 bits per heavy atom. The number of imidazole rings is 1. The molecule has 2 N–H and O–H groups in total. The number of benzene rings is 1. The first-order chi connectivity index (χ1) is 9.72. The van der Waals surface area contributed by atoms with Gasteiger partial charge in [-0.1, -0.05) is 37.3 Å². The summed E-state index contributed by atoms with van der Waals surface area (Å²) in [5.41, 5.74) is 2.10. The van der Waals surface area contributed by atoms with Gasteiger partial charge in [0.2, 0.25) is 5.91 Å².